The first-order valence-corrected chi connectivity index (χ1v) is 3.39. The summed E-state index contributed by atoms with van der Waals surface area (Å²) in [5, 5.41) is 25.3. The van der Waals surface area contributed by atoms with Crippen molar-refractivity contribution in [3.05, 3.63) is 0 Å². The molecule has 0 atom stereocenters. The van der Waals surface area contributed by atoms with Crippen LogP contribution < -0.4 is 5.90 Å². The fourth-order valence-electron chi connectivity index (χ4n) is 0.836. The van der Waals surface area contributed by atoms with E-state index in [1.807, 2.05) is 0 Å². The standard InChI is InChI=1S/C6H9NO7.Hf/c7-14-6(5(12)13,1-3(8)9)2-4(10)11;/h1-2,7H2,(H,8,9)(H,10,11)(H,12,13);. The normalized spacial score (nSPS) is 10.2. The summed E-state index contributed by atoms with van der Waals surface area (Å²) in [5.74, 6) is -0.163. The molecule has 0 aromatic carbocycles. The van der Waals surface area contributed by atoms with Crippen molar-refractivity contribution in [2.45, 2.75) is 18.4 Å². The molecule has 0 amide bonds. The summed E-state index contributed by atoms with van der Waals surface area (Å²) in [6, 6.07) is 0. The number of carbonyl (C=O) groups is 3. The predicted octanol–water partition coefficient (Wildman–Crippen LogP) is -1.35. The van der Waals surface area contributed by atoms with Crippen LogP contribution in [-0.2, 0) is 45.1 Å². The monoisotopic (exact) mass is 387 g/mol. The van der Waals surface area contributed by atoms with Crippen LogP contribution in [0.3, 0.4) is 0 Å². The van der Waals surface area contributed by atoms with Crippen molar-refractivity contribution >= 4 is 17.9 Å². The average molecular weight is 386 g/mol. The second-order valence-electron chi connectivity index (χ2n) is 2.56. The van der Waals surface area contributed by atoms with Gasteiger partial charge in [-0.25, -0.2) is 10.7 Å². The maximum atomic E-state index is 10.6. The zero-order chi connectivity index (χ0) is 11.4. The maximum absolute atomic E-state index is 10.6. The van der Waals surface area contributed by atoms with Crippen LogP contribution in [0.4, 0.5) is 0 Å². The van der Waals surface area contributed by atoms with Gasteiger partial charge in [-0.15, -0.1) is 0 Å². The zero-order valence-electron chi connectivity index (χ0n) is 7.47. The third-order valence-electron chi connectivity index (χ3n) is 1.49. The second-order valence-corrected chi connectivity index (χ2v) is 2.56. The average Bonchev–Trinajstić information content (AvgIpc) is 2.00. The molecule has 0 spiro atoms. The van der Waals surface area contributed by atoms with E-state index in [4.69, 9.17) is 15.3 Å². The van der Waals surface area contributed by atoms with Crippen LogP contribution in [0.15, 0.2) is 0 Å². The molecule has 0 aliphatic heterocycles. The fourth-order valence-corrected chi connectivity index (χ4v) is 0.836. The second kappa shape index (κ2) is 6.64. The molecule has 0 aliphatic carbocycles. The van der Waals surface area contributed by atoms with Crippen molar-refractivity contribution in [1.82, 2.24) is 0 Å². The van der Waals surface area contributed by atoms with Crippen molar-refractivity contribution in [3.8, 4) is 0 Å². The third-order valence-corrected chi connectivity index (χ3v) is 1.49. The number of rotatable bonds is 6. The molecule has 0 radical (unpaired) electrons. The van der Waals surface area contributed by atoms with Crippen LogP contribution >= 0.6 is 0 Å². The van der Waals surface area contributed by atoms with Gasteiger partial charge < -0.3 is 15.3 Å². The van der Waals surface area contributed by atoms with Gasteiger partial charge in [0.1, 0.15) is 0 Å². The van der Waals surface area contributed by atoms with E-state index in [0.717, 1.165) is 0 Å². The fraction of sp³-hybridized carbons (Fsp3) is 0.500. The number of aliphatic carboxylic acids is 3. The Morgan fingerprint density at radius 2 is 1.40 bits per heavy atom. The van der Waals surface area contributed by atoms with Gasteiger partial charge >= 0.3 is 17.9 Å². The van der Waals surface area contributed by atoms with Gasteiger partial charge in [0.15, 0.2) is 0 Å². The van der Waals surface area contributed by atoms with Crippen LogP contribution in [0, 0.1) is 0 Å². The number of nitrogens with two attached hydrogens (primary N) is 1. The van der Waals surface area contributed by atoms with Gasteiger partial charge in [-0.1, -0.05) is 0 Å². The minimum Gasteiger partial charge on any atom is -0.481 e. The van der Waals surface area contributed by atoms with E-state index in [-0.39, 0.29) is 25.8 Å². The van der Waals surface area contributed by atoms with E-state index in [0.29, 0.717) is 0 Å². The Balaban J connectivity index is 0. The Kier molecular flexibility index (Phi) is 7.36. The molecule has 0 aromatic heterocycles. The first kappa shape index (κ1) is 16.6. The van der Waals surface area contributed by atoms with Gasteiger partial charge in [-0.05, 0) is 0 Å². The predicted molar refractivity (Wildman–Crippen MR) is 40.1 cm³/mol. The summed E-state index contributed by atoms with van der Waals surface area (Å²) in [5.41, 5.74) is -2.42. The first-order chi connectivity index (χ1) is 6.34. The van der Waals surface area contributed by atoms with Gasteiger partial charge in [-0.2, -0.15) is 0 Å². The minimum atomic E-state index is -2.42. The van der Waals surface area contributed by atoms with Crippen molar-refractivity contribution in [2.24, 2.45) is 5.90 Å². The van der Waals surface area contributed by atoms with Gasteiger partial charge in [0, 0.05) is 25.8 Å². The Labute approximate surface area is 103 Å². The molecule has 0 saturated heterocycles. The van der Waals surface area contributed by atoms with E-state index in [1.54, 1.807) is 0 Å². The molecule has 0 rings (SSSR count). The van der Waals surface area contributed by atoms with Gasteiger partial charge in [0.25, 0.3) is 0 Å². The van der Waals surface area contributed by atoms with Crippen molar-refractivity contribution in [3.63, 3.8) is 0 Å². The quantitative estimate of drug-likeness (QED) is 0.324. The summed E-state index contributed by atoms with van der Waals surface area (Å²) in [6.45, 7) is 0. The summed E-state index contributed by atoms with van der Waals surface area (Å²) in [4.78, 5) is 35.1. The zero-order valence-corrected chi connectivity index (χ0v) is 11.1. The van der Waals surface area contributed by atoms with E-state index < -0.39 is 36.4 Å². The number of hydrogen-bond acceptors (Lipinski definition) is 5. The van der Waals surface area contributed by atoms with Gasteiger partial charge in [-0.3, -0.25) is 14.4 Å². The van der Waals surface area contributed by atoms with Crippen LogP contribution in [0.25, 0.3) is 0 Å². The molecule has 8 nitrogen and oxygen atoms in total. The Morgan fingerprint density at radius 1 is 1.07 bits per heavy atom. The van der Waals surface area contributed by atoms with E-state index in [1.165, 1.54) is 0 Å². The summed E-state index contributed by atoms with van der Waals surface area (Å²) in [6.07, 6.45) is -2.05. The van der Waals surface area contributed by atoms with Crippen LogP contribution in [0.1, 0.15) is 12.8 Å². The van der Waals surface area contributed by atoms with Gasteiger partial charge in [0.2, 0.25) is 5.60 Å². The molecule has 5 N–H and O–H groups in total. The van der Waals surface area contributed by atoms with Crippen LogP contribution in [0.5, 0.6) is 0 Å². The Bertz CT molecular complexity index is 250. The van der Waals surface area contributed by atoms with E-state index >= 15 is 0 Å². The van der Waals surface area contributed by atoms with Crippen LogP contribution in [-0.4, -0.2) is 38.8 Å². The van der Waals surface area contributed by atoms with Crippen molar-refractivity contribution in [2.75, 3.05) is 0 Å². The van der Waals surface area contributed by atoms with Crippen molar-refractivity contribution in [1.29, 1.82) is 0 Å². The first-order valence-electron chi connectivity index (χ1n) is 3.39. The van der Waals surface area contributed by atoms with Crippen LogP contribution in [0.2, 0.25) is 0 Å². The smallest absolute Gasteiger partial charge is 0.339 e. The molecule has 0 aromatic rings. The Morgan fingerprint density at radius 3 is 1.53 bits per heavy atom. The molecule has 0 heterocycles. The molecule has 15 heavy (non-hydrogen) atoms. The number of hydrogen-bond donors (Lipinski definition) is 4. The molecule has 0 fully saturated rings. The summed E-state index contributed by atoms with van der Waals surface area (Å²) in [7, 11) is 0. The molecule has 0 saturated carbocycles. The minimum absolute atomic E-state index is 0. The third kappa shape index (κ3) is 5.00. The molecule has 0 unspecified atom stereocenters. The molecular formula is C6H9HfNO7. The molecule has 84 valence electrons. The summed E-state index contributed by atoms with van der Waals surface area (Å²) < 4.78 is 0. The number of carboxylic acids is 3. The van der Waals surface area contributed by atoms with E-state index in [9.17, 15) is 14.4 Å². The molecule has 0 bridgehead atoms. The number of carboxylic acid groups (broad SMARTS) is 3. The van der Waals surface area contributed by atoms with Gasteiger partial charge in [0.05, 0.1) is 12.8 Å². The SMILES string of the molecule is NOC(CC(=O)O)(CC(=O)O)C(=O)O.[Hf]. The molecule has 0 aliphatic rings. The topological polar surface area (TPSA) is 147 Å². The Hall–Kier alpha value is -0.800. The maximum Gasteiger partial charge on any atom is 0.339 e. The molecular weight excluding hydrogens is 377 g/mol. The summed E-state index contributed by atoms with van der Waals surface area (Å²) >= 11 is 0. The largest absolute Gasteiger partial charge is 0.481 e. The van der Waals surface area contributed by atoms with Crippen molar-refractivity contribution < 1.29 is 60.4 Å². The molecule has 9 heteroatoms. The van der Waals surface area contributed by atoms with E-state index in [2.05, 4.69) is 10.7 Å².